The second-order valence-corrected chi connectivity index (χ2v) is 3.99. The van der Waals surface area contributed by atoms with Gasteiger partial charge in [0.15, 0.2) is 0 Å². The Labute approximate surface area is 58.9 Å². The standard InChI is InChI=1S/C7H9N3/c1-2-4-5(8-4)3(1)7-6(2)9-10-7/h2-8H,1H2/t2-,3-,4?,5?,6-,7+/m1/s1. The SMILES string of the molecule is C1[C@@H]2C3NC3[C@@H]1[C@H]1N=N[C@H]12. The van der Waals surface area contributed by atoms with E-state index in [1.165, 1.54) is 6.42 Å². The molecule has 0 spiro atoms. The molecule has 4 rings (SSSR count). The van der Waals surface area contributed by atoms with Gasteiger partial charge in [0.05, 0.1) is 12.1 Å². The summed E-state index contributed by atoms with van der Waals surface area (Å²) < 4.78 is 0. The van der Waals surface area contributed by atoms with Gasteiger partial charge in [-0.15, -0.1) is 0 Å². The highest BCUT2D eigenvalue weighted by Gasteiger charge is 2.68. The van der Waals surface area contributed by atoms with Crippen molar-refractivity contribution in [2.75, 3.05) is 0 Å². The lowest BCUT2D eigenvalue weighted by Crippen LogP contribution is -2.39. The monoisotopic (exact) mass is 135 g/mol. The Morgan fingerprint density at radius 3 is 2.10 bits per heavy atom. The van der Waals surface area contributed by atoms with Crippen molar-refractivity contribution in [3.05, 3.63) is 0 Å². The van der Waals surface area contributed by atoms with Crippen LogP contribution < -0.4 is 5.32 Å². The second kappa shape index (κ2) is 1.05. The smallest absolute Gasteiger partial charge is 0.0996 e. The number of piperidine rings is 1. The number of nitrogens with zero attached hydrogens (tertiary/aromatic N) is 2. The Morgan fingerprint density at radius 2 is 1.60 bits per heavy atom. The largest absolute Gasteiger partial charge is 0.307 e. The summed E-state index contributed by atoms with van der Waals surface area (Å²) in [7, 11) is 0. The third-order valence-electron chi connectivity index (χ3n) is 3.69. The molecule has 10 heavy (non-hydrogen) atoms. The van der Waals surface area contributed by atoms with Crippen LogP contribution >= 0.6 is 0 Å². The molecule has 0 amide bonds. The number of rotatable bonds is 0. The summed E-state index contributed by atoms with van der Waals surface area (Å²) in [5.41, 5.74) is 0. The van der Waals surface area contributed by atoms with E-state index in [1.807, 2.05) is 0 Å². The van der Waals surface area contributed by atoms with E-state index in [2.05, 4.69) is 15.5 Å². The van der Waals surface area contributed by atoms with Gasteiger partial charge >= 0.3 is 0 Å². The van der Waals surface area contributed by atoms with Gasteiger partial charge in [-0.1, -0.05) is 0 Å². The molecular formula is C7H9N3. The van der Waals surface area contributed by atoms with E-state index in [4.69, 9.17) is 0 Å². The molecule has 0 aromatic rings. The van der Waals surface area contributed by atoms with Gasteiger partial charge in [0, 0.05) is 23.9 Å². The Bertz CT molecular complexity index is 215. The Balaban J connectivity index is 1.89. The number of azo groups is 1. The van der Waals surface area contributed by atoms with Crippen LogP contribution in [0.5, 0.6) is 0 Å². The van der Waals surface area contributed by atoms with Gasteiger partial charge in [0.1, 0.15) is 0 Å². The molecule has 1 saturated heterocycles. The summed E-state index contributed by atoms with van der Waals surface area (Å²) in [6, 6.07) is 2.98. The van der Waals surface area contributed by atoms with Crippen molar-refractivity contribution < 1.29 is 0 Å². The van der Waals surface area contributed by atoms with Crippen LogP contribution in [0.3, 0.4) is 0 Å². The maximum Gasteiger partial charge on any atom is 0.0996 e. The lowest BCUT2D eigenvalue weighted by molar-refractivity contribution is 0.315. The minimum Gasteiger partial charge on any atom is -0.307 e. The normalized spacial score (nSPS) is 72.8. The minimum absolute atomic E-state index is 0.640. The zero-order valence-electron chi connectivity index (χ0n) is 5.57. The molecule has 6 atom stereocenters. The van der Waals surface area contributed by atoms with Crippen molar-refractivity contribution in [3.63, 3.8) is 0 Å². The van der Waals surface area contributed by atoms with E-state index >= 15 is 0 Å². The van der Waals surface area contributed by atoms with Gasteiger partial charge in [-0.05, 0) is 6.42 Å². The molecule has 1 N–H and O–H groups in total. The molecular weight excluding hydrogens is 126 g/mol. The van der Waals surface area contributed by atoms with Crippen molar-refractivity contribution >= 4 is 0 Å². The highest BCUT2D eigenvalue weighted by Crippen LogP contribution is 2.56. The van der Waals surface area contributed by atoms with E-state index in [0.717, 1.165) is 23.9 Å². The summed E-state index contributed by atoms with van der Waals surface area (Å²) in [5.74, 6) is 1.75. The zero-order chi connectivity index (χ0) is 6.29. The predicted octanol–water partition coefficient (Wildman–Crippen LogP) is 0.179. The van der Waals surface area contributed by atoms with Crippen LogP contribution in [-0.4, -0.2) is 24.2 Å². The lowest BCUT2D eigenvalue weighted by atomic mass is 9.90. The van der Waals surface area contributed by atoms with Gasteiger partial charge in [0.25, 0.3) is 0 Å². The molecule has 4 aliphatic rings. The van der Waals surface area contributed by atoms with Crippen molar-refractivity contribution in [1.82, 2.24) is 5.32 Å². The summed E-state index contributed by atoms with van der Waals surface area (Å²) in [5, 5.41) is 11.9. The van der Waals surface area contributed by atoms with Gasteiger partial charge in [-0.25, -0.2) is 0 Å². The average Bonchev–Trinajstić information content (AvgIpc) is 2.49. The first-order valence-electron chi connectivity index (χ1n) is 4.11. The third-order valence-corrected chi connectivity index (χ3v) is 3.69. The van der Waals surface area contributed by atoms with Gasteiger partial charge in [-0.2, -0.15) is 10.2 Å². The number of fused-ring (bicyclic) bond motifs is 8. The average molecular weight is 135 g/mol. The van der Waals surface area contributed by atoms with E-state index in [-0.39, 0.29) is 0 Å². The number of hydrogen-bond donors (Lipinski definition) is 1. The summed E-state index contributed by atoms with van der Waals surface area (Å²) >= 11 is 0. The maximum absolute atomic E-state index is 4.18. The molecule has 3 heteroatoms. The van der Waals surface area contributed by atoms with E-state index < -0.39 is 0 Å². The topological polar surface area (TPSA) is 46.7 Å². The molecule has 2 bridgehead atoms. The van der Waals surface area contributed by atoms with Crippen molar-refractivity contribution in [2.24, 2.45) is 22.1 Å². The van der Waals surface area contributed by atoms with Gasteiger partial charge in [-0.3, -0.25) is 0 Å². The fourth-order valence-electron chi connectivity index (χ4n) is 3.16. The first-order valence-corrected chi connectivity index (χ1v) is 4.11. The van der Waals surface area contributed by atoms with Crippen LogP contribution in [0.4, 0.5) is 0 Å². The second-order valence-electron chi connectivity index (χ2n) is 3.99. The molecule has 2 aliphatic heterocycles. The molecule has 3 fully saturated rings. The first-order chi connectivity index (χ1) is 4.95. The van der Waals surface area contributed by atoms with Crippen LogP contribution in [0.2, 0.25) is 0 Å². The van der Waals surface area contributed by atoms with Crippen LogP contribution in [0.25, 0.3) is 0 Å². The quantitative estimate of drug-likeness (QED) is 0.473. The fourth-order valence-corrected chi connectivity index (χ4v) is 3.16. The summed E-state index contributed by atoms with van der Waals surface area (Å²) in [6.07, 6.45) is 1.41. The highest BCUT2D eigenvalue weighted by molar-refractivity contribution is 5.26. The molecule has 52 valence electrons. The van der Waals surface area contributed by atoms with Crippen molar-refractivity contribution in [3.8, 4) is 0 Å². The van der Waals surface area contributed by atoms with Gasteiger partial charge in [0.2, 0.25) is 0 Å². The minimum atomic E-state index is 0.640. The molecule has 0 aromatic carbocycles. The molecule has 2 aliphatic carbocycles. The van der Waals surface area contributed by atoms with Crippen molar-refractivity contribution in [1.29, 1.82) is 0 Å². The molecule has 2 saturated carbocycles. The Morgan fingerprint density at radius 1 is 1.00 bits per heavy atom. The number of nitrogens with one attached hydrogen (secondary N) is 1. The molecule has 0 aromatic heterocycles. The maximum atomic E-state index is 4.18. The first kappa shape index (κ1) is 4.44. The van der Waals surface area contributed by atoms with Gasteiger partial charge < -0.3 is 5.32 Å². The lowest BCUT2D eigenvalue weighted by Gasteiger charge is -2.28. The zero-order valence-corrected chi connectivity index (χ0v) is 5.57. The third kappa shape index (κ3) is 0.272. The Kier molecular flexibility index (Phi) is 0.467. The Hall–Kier alpha value is -0.440. The highest BCUT2D eigenvalue weighted by atomic mass is 15.3. The fraction of sp³-hybridized carbons (Fsp3) is 1.00. The number of hydrogen-bond acceptors (Lipinski definition) is 3. The van der Waals surface area contributed by atoms with Crippen LogP contribution in [0.1, 0.15) is 6.42 Å². The summed E-state index contributed by atoms with van der Waals surface area (Å²) in [6.45, 7) is 0. The molecule has 2 heterocycles. The van der Waals surface area contributed by atoms with Crippen LogP contribution in [-0.2, 0) is 0 Å². The van der Waals surface area contributed by atoms with Crippen LogP contribution in [0, 0.1) is 11.8 Å². The summed E-state index contributed by atoms with van der Waals surface area (Å²) in [4.78, 5) is 0. The van der Waals surface area contributed by atoms with E-state index in [0.29, 0.717) is 12.1 Å². The molecule has 0 radical (unpaired) electrons. The van der Waals surface area contributed by atoms with Crippen LogP contribution in [0.15, 0.2) is 10.2 Å². The van der Waals surface area contributed by atoms with E-state index in [1.54, 1.807) is 0 Å². The van der Waals surface area contributed by atoms with Crippen molar-refractivity contribution in [2.45, 2.75) is 30.6 Å². The molecule has 2 unspecified atom stereocenters. The van der Waals surface area contributed by atoms with E-state index in [9.17, 15) is 0 Å². The predicted molar refractivity (Wildman–Crippen MR) is 34.7 cm³/mol. The molecule has 3 nitrogen and oxygen atoms in total.